The van der Waals surface area contributed by atoms with Gasteiger partial charge in [0.1, 0.15) is 5.82 Å². The standard InChI is InChI=1S/C13H7FN6O/c14-10-5-9(8-15)6-11(7-10)20-17-13(16-18-20)12-3-1-2-4-19(12)21/h1-7H. The first-order valence-electron chi connectivity index (χ1n) is 5.87. The van der Waals surface area contributed by atoms with Crippen LogP contribution < -0.4 is 4.73 Å². The number of tetrazole rings is 1. The van der Waals surface area contributed by atoms with Crippen molar-refractivity contribution in [3.8, 4) is 23.3 Å². The molecule has 21 heavy (non-hydrogen) atoms. The van der Waals surface area contributed by atoms with Crippen molar-refractivity contribution in [1.29, 1.82) is 5.26 Å². The number of nitriles is 1. The summed E-state index contributed by atoms with van der Waals surface area (Å²) in [6.07, 6.45) is 1.31. The molecule has 0 atom stereocenters. The van der Waals surface area contributed by atoms with E-state index in [-0.39, 0.29) is 22.8 Å². The third-order valence-electron chi connectivity index (χ3n) is 2.71. The lowest BCUT2D eigenvalue weighted by molar-refractivity contribution is -0.594. The van der Waals surface area contributed by atoms with Crippen LogP contribution in [-0.4, -0.2) is 20.2 Å². The Morgan fingerprint density at radius 3 is 2.90 bits per heavy atom. The third-order valence-corrected chi connectivity index (χ3v) is 2.71. The number of aromatic nitrogens is 5. The van der Waals surface area contributed by atoms with Crippen LogP contribution in [0.15, 0.2) is 42.6 Å². The molecule has 3 aromatic rings. The van der Waals surface area contributed by atoms with Crippen LogP contribution >= 0.6 is 0 Å². The van der Waals surface area contributed by atoms with E-state index in [1.165, 1.54) is 18.3 Å². The first kappa shape index (κ1) is 12.7. The first-order valence-corrected chi connectivity index (χ1v) is 5.87. The van der Waals surface area contributed by atoms with Crippen LogP contribution in [0.1, 0.15) is 5.56 Å². The normalized spacial score (nSPS) is 10.3. The van der Waals surface area contributed by atoms with E-state index < -0.39 is 5.82 Å². The largest absolute Gasteiger partial charge is 0.618 e. The van der Waals surface area contributed by atoms with Crippen molar-refractivity contribution in [3.63, 3.8) is 0 Å². The lowest BCUT2D eigenvalue weighted by Crippen LogP contribution is -2.28. The molecule has 0 unspecified atom stereocenters. The van der Waals surface area contributed by atoms with E-state index in [2.05, 4.69) is 15.4 Å². The van der Waals surface area contributed by atoms with E-state index in [4.69, 9.17) is 5.26 Å². The number of halogens is 1. The molecule has 0 aliphatic carbocycles. The molecule has 0 bridgehead atoms. The van der Waals surface area contributed by atoms with Gasteiger partial charge >= 0.3 is 0 Å². The minimum atomic E-state index is -0.582. The van der Waals surface area contributed by atoms with E-state index in [1.807, 2.05) is 6.07 Å². The molecule has 0 spiro atoms. The summed E-state index contributed by atoms with van der Waals surface area (Å²) < 4.78 is 14.0. The summed E-state index contributed by atoms with van der Waals surface area (Å²) in [5.41, 5.74) is 0.613. The van der Waals surface area contributed by atoms with Gasteiger partial charge in [-0.1, -0.05) is 0 Å². The molecule has 0 N–H and O–H groups in total. The SMILES string of the molecule is N#Cc1cc(F)cc(-n2nnc(-c3cccc[n+]3[O-])n2)c1. The van der Waals surface area contributed by atoms with Crippen LogP contribution in [0.25, 0.3) is 17.2 Å². The maximum Gasteiger partial charge on any atom is 0.270 e. The molecule has 1 aromatic carbocycles. The van der Waals surface area contributed by atoms with Gasteiger partial charge in [-0.25, -0.2) is 4.39 Å². The number of rotatable bonds is 2. The van der Waals surface area contributed by atoms with Gasteiger partial charge in [0.15, 0.2) is 6.20 Å². The van der Waals surface area contributed by atoms with Crippen molar-refractivity contribution in [2.75, 3.05) is 0 Å². The Morgan fingerprint density at radius 1 is 1.29 bits per heavy atom. The van der Waals surface area contributed by atoms with Crippen LogP contribution in [0, 0.1) is 22.4 Å². The molecule has 0 saturated carbocycles. The fraction of sp³-hybridized carbons (Fsp3) is 0. The summed E-state index contributed by atoms with van der Waals surface area (Å²) >= 11 is 0. The average molecular weight is 282 g/mol. The molecule has 8 heteroatoms. The second kappa shape index (κ2) is 4.97. The highest BCUT2D eigenvalue weighted by Crippen LogP contribution is 2.13. The van der Waals surface area contributed by atoms with Gasteiger partial charge in [-0.05, 0) is 23.4 Å². The quantitative estimate of drug-likeness (QED) is 0.515. The van der Waals surface area contributed by atoms with Gasteiger partial charge < -0.3 is 5.21 Å². The fourth-order valence-corrected chi connectivity index (χ4v) is 1.78. The highest BCUT2D eigenvalue weighted by molar-refractivity contribution is 5.45. The predicted molar refractivity (Wildman–Crippen MR) is 68.2 cm³/mol. The van der Waals surface area contributed by atoms with Gasteiger partial charge in [0.2, 0.25) is 0 Å². The molecule has 0 radical (unpaired) electrons. The van der Waals surface area contributed by atoms with E-state index >= 15 is 0 Å². The monoisotopic (exact) mass is 282 g/mol. The number of pyridine rings is 1. The molecule has 7 nitrogen and oxygen atoms in total. The molecule has 0 saturated heterocycles. The van der Waals surface area contributed by atoms with E-state index in [0.29, 0.717) is 4.73 Å². The second-order valence-electron chi connectivity index (χ2n) is 4.12. The fourth-order valence-electron chi connectivity index (χ4n) is 1.78. The van der Waals surface area contributed by atoms with Gasteiger partial charge in [0, 0.05) is 18.2 Å². The summed E-state index contributed by atoms with van der Waals surface area (Å²) in [6, 6.07) is 10.3. The van der Waals surface area contributed by atoms with Crippen molar-refractivity contribution in [3.05, 3.63) is 59.2 Å². The molecule has 0 fully saturated rings. The van der Waals surface area contributed by atoms with Crippen LogP contribution in [0.2, 0.25) is 0 Å². The zero-order valence-corrected chi connectivity index (χ0v) is 10.5. The van der Waals surface area contributed by atoms with Crippen LogP contribution in [-0.2, 0) is 0 Å². The van der Waals surface area contributed by atoms with Crippen LogP contribution in [0.3, 0.4) is 0 Å². The van der Waals surface area contributed by atoms with Gasteiger partial charge in [0.05, 0.1) is 17.3 Å². The summed E-state index contributed by atoms with van der Waals surface area (Å²) in [7, 11) is 0. The summed E-state index contributed by atoms with van der Waals surface area (Å²) in [5, 5.41) is 32.0. The molecule has 2 heterocycles. The Bertz CT molecular complexity index is 854. The summed E-state index contributed by atoms with van der Waals surface area (Å²) in [5.74, 6) is -0.477. The van der Waals surface area contributed by atoms with Crippen molar-refractivity contribution >= 4 is 0 Å². The van der Waals surface area contributed by atoms with E-state index in [1.54, 1.807) is 18.2 Å². The lowest BCUT2D eigenvalue weighted by Gasteiger charge is -2.00. The lowest BCUT2D eigenvalue weighted by atomic mass is 10.2. The molecule has 0 amide bonds. The molecule has 102 valence electrons. The van der Waals surface area contributed by atoms with Crippen LogP contribution in [0.5, 0.6) is 0 Å². The number of benzene rings is 1. The van der Waals surface area contributed by atoms with Gasteiger partial charge in [-0.2, -0.15) is 9.99 Å². The van der Waals surface area contributed by atoms with Gasteiger partial charge in [0.25, 0.3) is 11.5 Å². The zero-order chi connectivity index (χ0) is 14.8. The molecule has 2 aromatic heterocycles. The molecule has 0 aliphatic rings. The highest BCUT2D eigenvalue weighted by Gasteiger charge is 2.15. The van der Waals surface area contributed by atoms with Gasteiger partial charge in [-0.3, -0.25) is 0 Å². The maximum absolute atomic E-state index is 13.4. The number of hydrogen-bond donors (Lipinski definition) is 0. The first-order chi connectivity index (χ1) is 10.2. The molecular weight excluding hydrogens is 275 g/mol. The van der Waals surface area contributed by atoms with E-state index in [9.17, 15) is 9.60 Å². The Labute approximate surface area is 118 Å². The van der Waals surface area contributed by atoms with Crippen molar-refractivity contribution in [1.82, 2.24) is 20.2 Å². The predicted octanol–water partition coefficient (Wildman–Crippen LogP) is 0.973. The van der Waals surface area contributed by atoms with Gasteiger partial charge in [-0.15, -0.1) is 15.0 Å². The van der Waals surface area contributed by atoms with Crippen molar-refractivity contribution in [2.45, 2.75) is 0 Å². The van der Waals surface area contributed by atoms with E-state index in [0.717, 1.165) is 10.9 Å². The Morgan fingerprint density at radius 2 is 2.14 bits per heavy atom. The average Bonchev–Trinajstić information content (AvgIpc) is 2.96. The van der Waals surface area contributed by atoms with Crippen LogP contribution in [0.4, 0.5) is 4.39 Å². The zero-order valence-electron chi connectivity index (χ0n) is 10.5. The Hall–Kier alpha value is -3.34. The molecular formula is C13H7FN6O. The number of hydrogen-bond acceptors (Lipinski definition) is 5. The number of nitrogens with zero attached hydrogens (tertiary/aromatic N) is 6. The Balaban J connectivity index is 2.05. The topological polar surface area (TPSA) is 94.3 Å². The summed E-state index contributed by atoms with van der Waals surface area (Å²) in [4.78, 5) is 1.06. The third kappa shape index (κ3) is 2.40. The minimum absolute atomic E-state index is 0.105. The van der Waals surface area contributed by atoms with Crippen molar-refractivity contribution < 1.29 is 9.12 Å². The minimum Gasteiger partial charge on any atom is -0.618 e. The molecule has 3 rings (SSSR count). The Kier molecular flexibility index (Phi) is 3.00. The highest BCUT2D eigenvalue weighted by atomic mass is 19.1. The summed E-state index contributed by atoms with van der Waals surface area (Å²) in [6.45, 7) is 0. The second-order valence-corrected chi connectivity index (χ2v) is 4.12. The van der Waals surface area contributed by atoms with Crippen molar-refractivity contribution in [2.24, 2.45) is 0 Å². The maximum atomic E-state index is 13.4. The smallest absolute Gasteiger partial charge is 0.270 e. The molecule has 0 aliphatic heterocycles.